The molecule has 2 rings (SSSR count). The number of sulfonamides is 1. The zero-order valence-corrected chi connectivity index (χ0v) is 9.92. The molecule has 1 N–H and O–H groups in total. The largest absolute Gasteiger partial charge is 0.489 e. The lowest BCUT2D eigenvalue weighted by Gasteiger charge is -2.05. The molecule has 1 aliphatic heterocycles. The van der Waals surface area contributed by atoms with Crippen molar-refractivity contribution >= 4 is 22.2 Å². The minimum absolute atomic E-state index is 0.0337. The molecule has 0 amide bonds. The first-order valence-electron chi connectivity index (χ1n) is 4.95. The zero-order valence-electron chi connectivity index (χ0n) is 9.11. The third-order valence-electron chi connectivity index (χ3n) is 2.23. The molecule has 0 aromatic heterocycles. The minimum atomic E-state index is -4.07. The van der Waals surface area contributed by atoms with Crippen LogP contribution in [0.2, 0.25) is 0 Å². The molecule has 1 heterocycles. The summed E-state index contributed by atoms with van der Waals surface area (Å²) in [4.78, 5) is 10.1. The second kappa shape index (κ2) is 4.61. The van der Waals surface area contributed by atoms with Gasteiger partial charge < -0.3 is 9.84 Å². The molecule has 18 heavy (non-hydrogen) atoms. The lowest BCUT2D eigenvalue weighted by molar-refractivity contribution is -0.131. The van der Waals surface area contributed by atoms with Gasteiger partial charge in [-0.2, -0.15) is 12.8 Å². The average Bonchev–Trinajstić information content (AvgIpc) is 2.63. The van der Waals surface area contributed by atoms with E-state index in [1.54, 1.807) is 30.3 Å². The highest BCUT2D eigenvalue weighted by Crippen LogP contribution is 2.21. The van der Waals surface area contributed by atoms with Crippen LogP contribution in [-0.4, -0.2) is 32.3 Å². The third-order valence-corrected chi connectivity index (χ3v) is 3.56. The third kappa shape index (κ3) is 2.40. The average molecular weight is 267 g/mol. The molecule has 0 aliphatic carbocycles. The van der Waals surface area contributed by atoms with Crippen molar-refractivity contribution in [1.82, 2.24) is 0 Å². The fraction of sp³-hybridized carbons (Fsp3) is 0.0909. The molecule has 1 aromatic carbocycles. The number of nitrogens with zero attached hydrogens (tertiary/aromatic N) is 1. The van der Waals surface area contributed by atoms with Crippen molar-refractivity contribution < 1.29 is 23.1 Å². The molecule has 0 bridgehead atoms. The number of hydrogen-bond donors (Lipinski definition) is 1. The van der Waals surface area contributed by atoms with Crippen LogP contribution >= 0.6 is 0 Å². The summed E-state index contributed by atoms with van der Waals surface area (Å²) >= 11 is 0. The summed E-state index contributed by atoms with van der Waals surface area (Å²) in [7, 11) is -4.07. The molecule has 0 saturated carbocycles. The molecule has 0 saturated heterocycles. The number of hydrogen-bond acceptors (Lipinski definition) is 4. The van der Waals surface area contributed by atoms with E-state index < -0.39 is 20.9 Å². The minimum Gasteiger partial charge on any atom is -0.489 e. The molecule has 0 unspecified atom stereocenters. The maximum absolute atomic E-state index is 11.3. The SMILES string of the molecule is O=C(O)C1=C(COc2ccccc2)C=NS1(=O)=O. The fourth-order valence-corrected chi connectivity index (χ4v) is 2.47. The number of ether oxygens (including phenoxy) is 1. The monoisotopic (exact) mass is 267 g/mol. The van der Waals surface area contributed by atoms with Crippen LogP contribution in [0.25, 0.3) is 0 Å². The van der Waals surface area contributed by atoms with Gasteiger partial charge in [-0.05, 0) is 12.1 Å². The van der Waals surface area contributed by atoms with E-state index in [0.717, 1.165) is 6.21 Å². The van der Waals surface area contributed by atoms with Gasteiger partial charge in [0, 0.05) is 11.8 Å². The normalized spacial score (nSPS) is 16.9. The number of benzene rings is 1. The maximum atomic E-state index is 11.3. The maximum Gasteiger partial charge on any atom is 0.349 e. The summed E-state index contributed by atoms with van der Waals surface area (Å²) in [5.74, 6) is -1.01. The van der Waals surface area contributed by atoms with E-state index in [0.29, 0.717) is 5.75 Å². The van der Waals surface area contributed by atoms with Crippen molar-refractivity contribution in [3.8, 4) is 5.75 Å². The summed E-state index contributed by atoms with van der Waals surface area (Å²) in [6.07, 6.45) is 1.00. The van der Waals surface area contributed by atoms with Gasteiger partial charge in [-0.25, -0.2) is 4.79 Å². The Morgan fingerprint density at radius 3 is 2.56 bits per heavy atom. The van der Waals surface area contributed by atoms with Crippen LogP contribution in [-0.2, 0) is 14.8 Å². The fourth-order valence-electron chi connectivity index (χ4n) is 1.44. The van der Waals surface area contributed by atoms with Crippen LogP contribution in [0.15, 0.2) is 45.2 Å². The predicted octanol–water partition coefficient (Wildman–Crippen LogP) is 0.818. The summed E-state index contributed by atoms with van der Waals surface area (Å²) in [5.41, 5.74) is 0.0337. The van der Waals surface area contributed by atoms with Gasteiger partial charge >= 0.3 is 5.97 Å². The number of carboxylic acids is 1. The van der Waals surface area contributed by atoms with E-state index in [9.17, 15) is 13.2 Å². The number of carboxylic acid groups (broad SMARTS) is 1. The molecular weight excluding hydrogens is 258 g/mol. The molecule has 0 fully saturated rings. The van der Waals surface area contributed by atoms with Gasteiger partial charge in [0.25, 0.3) is 10.0 Å². The Hall–Kier alpha value is -2.15. The van der Waals surface area contributed by atoms with E-state index in [1.165, 1.54) is 0 Å². The summed E-state index contributed by atoms with van der Waals surface area (Å²) < 4.78 is 31.1. The van der Waals surface area contributed by atoms with Crippen molar-refractivity contribution in [2.45, 2.75) is 0 Å². The summed E-state index contributed by atoms with van der Waals surface area (Å²) in [6.45, 7) is -0.158. The van der Waals surface area contributed by atoms with Gasteiger partial charge in [0.1, 0.15) is 12.4 Å². The second-order valence-electron chi connectivity index (χ2n) is 3.47. The second-order valence-corrected chi connectivity index (χ2v) is 5.04. The first kappa shape index (κ1) is 12.3. The van der Waals surface area contributed by atoms with Crippen molar-refractivity contribution in [3.05, 3.63) is 40.8 Å². The predicted molar refractivity (Wildman–Crippen MR) is 64.0 cm³/mol. The van der Waals surface area contributed by atoms with Crippen LogP contribution in [0, 0.1) is 0 Å². The van der Waals surface area contributed by atoms with E-state index in [4.69, 9.17) is 9.84 Å². The highest BCUT2D eigenvalue weighted by atomic mass is 32.2. The lowest BCUT2D eigenvalue weighted by Crippen LogP contribution is -2.12. The van der Waals surface area contributed by atoms with Gasteiger partial charge in [0.2, 0.25) is 0 Å². The summed E-state index contributed by atoms with van der Waals surface area (Å²) in [5, 5.41) is 8.84. The van der Waals surface area contributed by atoms with Crippen molar-refractivity contribution in [2.24, 2.45) is 4.40 Å². The van der Waals surface area contributed by atoms with Gasteiger partial charge in [-0.3, -0.25) is 0 Å². The molecule has 7 heteroatoms. The lowest BCUT2D eigenvalue weighted by atomic mass is 10.3. The van der Waals surface area contributed by atoms with E-state index in [-0.39, 0.29) is 12.2 Å². The topological polar surface area (TPSA) is 93.0 Å². The number of rotatable bonds is 4. The zero-order chi connectivity index (χ0) is 13.2. The number of carbonyl (C=O) groups is 1. The Morgan fingerprint density at radius 2 is 1.94 bits per heavy atom. The molecule has 0 radical (unpaired) electrons. The Morgan fingerprint density at radius 1 is 1.28 bits per heavy atom. The van der Waals surface area contributed by atoms with Crippen LogP contribution in [0.1, 0.15) is 0 Å². The van der Waals surface area contributed by atoms with Crippen molar-refractivity contribution in [3.63, 3.8) is 0 Å². The Kier molecular flexibility index (Phi) is 3.15. The first-order chi connectivity index (χ1) is 8.50. The standard InChI is InChI=1S/C11H9NO5S/c13-11(14)10-8(6-12-18(10,15)16)7-17-9-4-2-1-3-5-9/h1-6H,7H2,(H,13,14). The van der Waals surface area contributed by atoms with Crippen molar-refractivity contribution in [1.29, 1.82) is 0 Å². The molecule has 1 aromatic rings. The smallest absolute Gasteiger partial charge is 0.349 e. The van der Waals surface area contributed by atoms with Gasteiger partial charge in [-0.1, -0.05) is 18.2 Å². The van der Waals surface area contributed by atoms with E-state index in [2.05, 4.69) is 4.40 Å². The number of aliphatic carboxylic acids is 1. The van der Waals surface area contributed by atoms with E-state index in [1.807, 2.05) is 0 Å². The summed E-state index contributed by atoms with van der Waals surface area (Å²) in [6, 6.07) is 8.67. The Labute approximate surface area is 103 Å². The molecule has 0 spiro atoms. The Bertz CT molecular complexity index is 631. The molecule has 6 nitrogen and oxygen atoms in total. The van der Waals surface area contributed by atoms with Gasteiger partial charge in [0.15, 0.2) is 4.91 Å². The van der Waals surface area contributed by atoms with Crippen LogP contribution in [0.3, 0.4) is 0 Å². The van der Waals surface area contributed by atoms with Gasteiger partial charge in [0.05, 0.1) is 0 Å². The highest BCUT2D eigenvalue weighted by Gasteiger charge is 2.32. The molecular formula is C11H9NO5S. The highest BCUT2D eigenvalue weighted by molar-refractivity contribution is 7.95. The number of para-hydroxylation sites is 1. The molecule has 0 atom stereocenters. The van der Waals surface area contributed by atoms with E-state index >= 15 is 0 Å². The molecule has 1 aliphatic rings. The molecule has 94 valence electrons. The van der Waals surface area contributed by atoms with Crippen LogP contribution < -0.4 is 4.74 Å². The van der Waals surface area contributed by atoms with Crippen LogP contribution in [0.5, 0.6) is 5.75 Å². The van der Waals surface area contributed by atoms with Gasteiger partial charge in [-0.15, -0.1) is 0 Å². The first-order valence-corrected chi connectivity index (χ1v) is 6.39. The van der Waals surface area contributed by atoms with Crippen molar-refractivity contribution in [2.75, 3.05) is 6.61 Å². The van der Waals surface area contributed by atoms with Crippen LogP contribution in [0.4, 0.5) is 0 Å². The quantitative estimate of drug-likeness (QED) is 0.871. The Balaban J connectivity index is 2.21.